The molecule has 0 aromatic carbocycles. The molecule has 7 N–H and O–H groups in total. The van der Waals surface area contributed by atoms with Crippen molar-refractivity contribution in [1.82, 2.24) is 15.6 Å². The van der Waals surface area contributed by atoms with Crippen molar-refractivity contribution < 1.29 is 49.0 Å². The third kappa shape index (κ3) is 6.15. The maximum absolute atomic E-state index is 11.9. The number of ether oxygens (including phenoxy) is 1. The Morgan fingerprint density at radius 3 is 2.76 bits per heavy atom. The third-order valence-corrected chi connectivity index (χ3v) is 5.50. The number of aliphatic hydroxyl groups excluding tert-OH is 6. The zero-order valence-electron chi connectivity index (χ0n) is 17.3. The molecule has 1 amide bonds. The highest BCUT2D eigenvalue weighted by atomic mass is 32.2. The fourth-order valence-electron chi connectivity index (χ4n) is 2.86. The number of aliphatic hydroxyl groups is 6. The van der Waals surface area contributed by atoms with Crippen molar-refractivity contribution in [1.29, 1.82) is 0 Å². The smallest absolute Gasteiger partial charge is 0.277 e. The molecule has 2 aromatic heterocycles. The average molecular weight is 488 g/mol. The summed E-state index contributed by atoms with van der Waals surface area (Å²) in [6.45, 7) is 0.892. The molecule has 2 aromatic rings. The second-order valence-corrected chi connectivity index (χ2v) is 8.06. The topological polar surface area (TPSA) is 224 Å². The van der Waals surface area contributed by atoms with Crippen molar-refractivity contribution in [2.45, 2.75) is 48.8 Å². The normalized spacial score (nSPS) is 23.7. The van der Waals surface area contributed by atoms with E-state index in [2.05, 4.69) is 20.7 Å². The van der Waals surface area contributed by atoms with E-state index in [1.165, 1.54) is 0 Å². The predicted octanol–water partition coefficient (Wildman–Crippen LogP) is -2.30. The van der Waals surface area contributed by atoms with Gasteiger partial charge in [0.25, 0.3) is 17.0 Å². The van der Waals surface area contributed by atoms with Crippen molar-refractivity contribution >= 4 is 23.9 Å². The van der Waals surface area contributed by atoms with Gasteiger partial charge in [0, 0.05) is 0 Å². The molecule has 182 valence electrons. The second kappa shape index (κ2) is 11.2. The Labute approximate surface area is 190 Å². The largest absolute Gasteiger partial charge is 0.463 e. The standard InChI is InChI=1S/C18H24N4O10S/c1-7-8(2-12(31-7)16-15(29)11(26)5-30-16)17-21-22-18(32-17)33-6-13(27)20-19-3-9(24)14(28)10(25)4-23/h2-3,9-11,14-16,23-26,28-29H,4-6H2,1H3,(H,20,27)/b19-3+/t9-,10+,11+,14-,15+,16-/m0/s1. The summed E-state index contributed by atoms with van der Waals surface area (Å²) < 4.78 is 16.5. The van der Waals surface area contributed by atoms with Gasteiger partial charge < -0.3 is 44.2 Å². The van der Waals surface area contributed by atoms with Crippen LogP contribution in [0.2, 0.25) is 0 Å². The minimum Gasteiger partial charge on any atom is -0.463 e. The first-order chi connectivity index (χ1) is 15.7. The van der Waals surface area contributed by atoms with Crippen LogP contribution in [0.1, 0.15) is 17.6 Å². The van der Waals surface area contributed by atoms with Crippen molar-refractivity contribution in [3.05, 3.63) is 17.6 Å². The van der Waals surface area contributed by atoms with E-state index in [0.717, 1.165) is 18.0 Å². The summed E-state index contributed by atoms with van der Waals surface area (Å²) in [5.41, 5.74) is 2.58. The number of aryl methyl sites for hydroxylation is 1. The summed E-state index contributed by atoms with van der Waals surface area (Å²) >= 11 is 0.917. The van der Waals surface area contributed by atoms with E-state index < -0.39 is 49.1 Å². The van der Waals surface area contributed by atoms with Gasteiger partial charge in [0.05, 0.1) is 30.7 Å². The molecule has 1 saturated heterocycles. The summed E-state index contributed by atoms with van der Waals surface area (Å²) in [6, 6.07) is 1.57. The van der Waals surface area contributed by atoms with Gasteiger partial charge >= 0.3 is 0 Å². The molecule has 6 atom stereocenters. The Morgan fingerprint density at radius 2 is 2.09 bits per heavy atom. The zero-order chi connectivity index (χ0) is 24.1. The van der Waals surface area contributed by atoms with Crippen molar-refractivity contribution in [3.8, 4) is 11.5 Å². The fourth-order valence-corrected chi connectivity index (χ4v) is 3.41. The van der Waals surface area contributed by atoms with Crippen LogP contribution in [0, 0.1) is 6.92 Å². The van der Waals surface area contributed by atoms with Gasteiger partial charge in [-0.1, -0.05) is 11.8 Å². The molecule has 0 aliphatic carbocycles. The fraction of sp³-hybridized carbons (Fsp3) is 0.556. The van der Waals surface area contributed by atoms with Crippen LogP contribution in [0.4, 0.5) is 0 Å². The molecule has 1 fully saturated rings. The number of nitrogens with one attached hydrogen (secondary N) is 1. The molecular formula is C18H24N4O10S. The Kier molecular flexibility index (Phi) is 8.55. The Morgan fingerprint density at radius 1 is 1.33 bits per heavy atom. The maximum Gasteiger partial charge on any atom is 0.277 e. The van der Waals surface area contributed by atoms with E-state index >= 15 is 0 Å². The predicted molar refractivity (Wildman–Crippen MR) is 110 cm³/mol. The van der Waals surface area contributed by atoms with E-state index in [9.17, 15) is 30.3 Å². The summed E-state index contributed by atoms with van der Waals surface area (Å²) in [4.78, 5) is 11.9. The minimum atomic E-state index is -1.66. The van der Waals surface area contributed by atoms with Gasteiger partial charge in [-0.25, -0.2) is 5.43 Å². The summed E-state index contributed by atoms with van der Waals surface area (Å²) in [6.07, 6.45) is -6.96. The lowest BCUT2D eigenvalue weighted by Crippen LogP contribution is -2.40. The number of amides is 1. The molecule has 0 spiro atoms. The number of carbonyl (C=O) groups excluding carboxylic acids is 1. The Bertz CT molecular complexity index is 966. The molecule has 0 saturated carbocycles. The molecule has 15 heteroatoms. The number of hydrogen-bond donors (Lipinski definition) is 7. The quantitative estimate of drug-likeness (QED) is 0.106. The molecule has 1 aliphatic heterocycles. The van der Waals surface area contributed by atoms with E-state index in [-0.39, 0.29) is 23.5 Å². The van der Waals surface area contributed by atoms with E-state index in [1.807, 2.05) is 0 Å². The molecule has 33 heavy (non-hydrogen) atoms. The second-order valence-electron chi connectivity index (χ2n) is 7.14. The van der Waals surface area contributed by atoms with Crippen molar-refractivity contribution in [2.24, 2.45) is 5.10 Å². The molecular weight excluding hydrogens is 464 g/mol. The van der Waals surface area contributed by atoms with Crippen molar-refractivity contribution in [2.75, 3.05) is 19.0 Å². The van der Waals surface area contributed by atoms with Crippen LogP contribution in [0.5, 0.6) is 0 Å². The van der Waals surface area contributed by atoms with E-state index in [1.54, 1.807) is 13.0 Å². The maximum atomic E-state index is 11.9. The number of aromatic nitrogens is 2. The lowest BCUT2D eigenvalue weighted by Gasteiger charge is -2.17. The minimum absolute atomic E-state index is 0.0154. The van der Waals surface area contributed by atoms with Crippen LogP contribution in [0.15, 0.2) is 25.2 Å². The van der Waals surface area contributed by atoms with Gasteiger partial charge in [0.2, 0.25) is 0 Å². The first-order valence-electron chi connectivity index (χ1n) is 9.73. The lowest BCUT2D eigenvalue weighted by atomic mass is 10.1. The number of thioether (sulfide) groups is 1. The van der Waals surface area contributed by atoms with Gasteiger partial charge in [-0.2, -0.15) is 5.10 Å². The summed E-state index contributed by atoms with van der Waals surface area (Å²) in [7, 11) is 0. The highest BCUT2D eigenvalue weighted by molar-refractivity contribution is 7.99. The monoisotopic (exact) mass is 488 g/mol. The van der Waals surface area contributed by atoms with Gasteiger partial charge in [0.1, 0.15) is 48.1 Å². The molecule has 0 bridgehead atoms. The molecule has 14 nitrogen and oxygen atoms in total. The average Bonchev–Trinajstić information content (AvgIpc) is 3.50. The van der Waals surface area contributed by atoms with Gasteiger partial charge in [-0.3, -0.25) is 4.79 Å². The third-order valence-electron chi connectivity index (χ3n) is 4.68. The van der Waals surface area contributed by atoms with Crippen LogP contribution in [-0.2, 0) is 9.53 Å². The van der Waals surface area contributed by atoms with Crippen molar-refractivity contribution in [3.63, 3.8) is 0 Å². The zero-order valence-corrected chi connectivity index (χ0v) is 18.1. The first-order valence-corrected chi connectivity index (χ1v) is 10.7. The number of nitrogens with zero attached hydrogens (tertiary/aromatic N) is 3. The van der Waals surface area contributed by atoms with E-state index in [0.29, 0.717) is 17.1 Å². The van der Waals surface area contributed by atoms with Crippen LogP contribution < -0.4 is 5.43 Å². The number of hydrazone groups is 1. The van der Waals surface area contributed by atoms with Crippen LogP contribution in [-0.4, -0.2) is 102 Å². The highest BCUT2D eigenvalue weighted by Gasteiger charge is 2.38. The van der Waals surface area contributed by atoms with Gasteiger partial charge in [-0.05, 0) is 13.0 Å². The van der Waals surface area contributed by atoms with Crippen LogP contribution in [0.25, 0.3) is 11.5 Å². The molecule has 1 aliphatic rings. The van der Waals surface area contributed by atoms with Crippen LogP contribution in [0.3, 0.4) is 0 Å². The van der Waals surface area contributed by atoms with Gasteiger partial charge in [0.15, 0.2) is 0 Å². The SMILES string of the molecule is Cc1oc([C@@H]2OC[C@@H](O)[C@H]2O)cc1-c1nnc(SCC(=O)N/N=C/[C@H](O)[C@H](O)[C@H](O)CO)o1. The first kappa shape index (κ1) is 25.3. The number of hydrogen-bond acceptors (Lipinski definition) is 14. The van der Waals surface area contributed by atoms with E-state index in [4.69, 9.17) is 18.7 Å². The molecule has 3 heterocycles. The van der Waals surface area contributed by atoms with Crippen LogP contribution >= 0.6 is 11.8 Å². The molecule has 0 unspecified atom stereocenters. The number of furan rings is 1. The number of rotatable bonds is 10. The lowest BCUT2D eigenvalue weighted by molar-refractivity contribution is -0.118. The number of carbonyl (C=O) groups is 1. The Balaban J connectivity index is 1.52. The van der Waals surface area contributed by atoms with Gasteiger partial charge in [-0.15, -0.1) is 10.2 Å². The molecule has 0 radical (unpaired) electrons. The summed E-state index contributed by atoms with van der Waals surface area (Å²) in [5.74, 6) is 0.118. The Hall–Kier alpha value is -2.37. The molecule has 3 rings (SSSR count). The summed E-state index contributed by atoms with van der Waals surface area (Å²) in [5, 5.41) is 67.9. The highest BCUT2D eigenvalue weighted by Crippen LogP contribution is 2.35.